The number of aliphatic hydroxyl groups excluding tert-OH is 1. The fraction of sp³-hybridized carbons (Fsp3) is 0.538. The highest BCUT2D eigenvalue weighted by Gasteiger charge is 2.07. The second kappa shape index (κ2) is 8.06. The zero-order chi connectivity index (χ0) is 12.5. The lowest BCUT2D eigenvalue weighted by molar-refractivity contribution is 0.0162. The molecule has 1 aromatic rings. The summed E-state index contributed by atoms with van der Waals surface area (Å²) in [4.78, 5) is 0. The van der Waals surface area contributed by atoms with Crippen LogP contribution in [0.3, 0.4) is 0 Å². The Bertz CT molecular complexity index is 317. The smallest absolute Gasteiger partial charge is 0.123 e. The lowest BCUT2D eigenvalue weighted by atomic mass is 10.2. The minimum atomic E-state index is -0.586. The van der Waals surface area contributed by atoms with Crippen molar-refractivity contribution in [2.75, 3.05) is 26.9 Å². The topological polar surface area (TPSA) is 50.7 Å². The van der Waals surface area contributed by atoms with Crippen LogP contribution in [0.25, 0.3) is 0 Å². The Hall–Kier alpha value is -1.10. The molecule has 2 N–H and O–H groups in total. The SMILES string of the molecule is CCOCC(O)COc1ccccc1CNC. The first-order chi connectivity index (χ1) is 8.27. The van der Waals surface area contributed by atoms with Crippen molar-refractivity contribution in [2.45, 2.75) is 19.6 Å². The van der Waals surface area contributed by atoms with Gasteiger partial charge in [-0.05, 0) is 20.0 Å². The molecule has 0 aromatic heterocycles. The van der Waals surface area contributed by atoms with Crippen LogP contribution in [0, 0.1) is 0 Å². The largest absolute Gasteiger partial charge is 0.490 e. The van der Waals surface area contributed by atoms with Gasteiger partial charge < -0.3 is 19.9 Å². The number of hydrogen-bond donors (Lipinski definition) is 2. The van der Waals surface area contributed by atoms with Crippen molar-refractivity contribution < 1.29 is 14.6 Å². The van der Waals surface area contributed by atoms with E-state index < -0.39 is 6.10 Å². The normalized spacial score (nSPS) is 12.4. The summed E-state index contributed by atoms with van der Waals surface area (Å²) in [5.74, 6) is 0.803. The fourth-order valence-corrected chi connectivity index (χ4v) is 1.47. The number of nitrogens with one attached hydrogen (secondary N) is 1. The number of aliphatic hydroxyl groups is 1. The van der Waals surface area contributed by atoms with Crippen molar-refractivity contribution in [2.24, 2.45) is 0 Å². The van der Waals surface area contributed by atoms with Crippen LogP contribution in [0.15, 0.2) is 24.3 Å². The molecule has 0 saturated carbocycles. The molecule has 1 aromatic carbocycles. The van der Waals surface area contributed by atoms with Gasteiger partial charge in [-0.3, -0.25) is 0 Å². The van der Waals surface area contributed by atoms with Crippen molar-refractivity contribution in [1.29, 1.82) is 0 Å². The van der Waals surface area contributed by atoms with E-state index in [2.05, 4.69) is 5.32 Å². The molecule has 4 nitrogen and oxygen atoms in total. The average Bonchev–Trinajstić information content (AvgIpc) is 2.35. The van der Waals surface area contributed by atoms with E-state index in [1.165, 1.54) is 0 Å². The van der Waals surface area contributed by atoms with Crippen molar-refractivity contribution in [3.8, 4) is 5.75 Å². The predicted molar refractivity (Wildman–Crippen MR) is 67.2 cm³/mol. The van der Waals surface area contributed by atoms with Crippen LogP contribution in [0.2, 0.25) is 0 Å². The summed E-state index contributed by atoms with van der Waals surface area (Å²) in [6.07, 6.45) is -0.586. The first-order valence-corrected chi connectivity index (χ1v) is 5.89. The van der Waals surface area contributed by atoms with E-state index in [1.54, 1.807) is 0 Å². The molecule has 0 aliphatic heterocycles. The van der Waals surface area contributed by atoms with E-state index in [1.807, 2.05) is 38.2 Å². The molecule has 0 saturated heterocycles. The second-order valence-corrected chi connectivity index (χ2v) is 3.76. The Morgan fingerprint density at radius 3 is 2.76 bits per heavy atom. The van der Waals surface area contributed by atoms with E-state index in [-0.39, 0.29) is 6.61 Å². The monoisotopic (exact) mass is 239 g/mol. The molecule has 0 aliphatic carbocycles. The molecule has 1 unspecified atom stereocenters. The van der Waals surface area contributed by atoms with E-state index in [4.69, 9.17) is 9.47 Å². The van der Waals surface area contributed by atoms with Crippen LogP contribution >= 0.6 is 0 Å². The summed E-state index contributed by atoms with van der Waals surface area (Å²) in [5.41, 5.74) is 1.08. The first-order valence-electron chi connectivity index (χ1n) is 5.89. The third kappa shape index (κ3) is 5.17. The molecule has 1 atom stereocenters. The van der Waals surface area contributed by atoms with Crippen LogP contribution in [-0.2, 0) is 11.3 Å². The van der Waals surface area contributed by atoms with Crippen molar-refractivity contribution >= 4 is 0 Å². The second-order valence-electron chi connectivity index (χ2n) is 3.76. The predicted octanol–water partition coefficient (Wildman–Crippen LogP) is 1.18. The van der Waals surface area contributed by atoms with Gasteiger partial charge in [0, 0.05) is 18.7 Å². The summed E-state index contributed by atoms with van der Waals surface area (Å²) in [6.45, 7) is 3.81. The summed E-state index contributed by atoms with van der Waals surface area (Å²) in [6, 6.07) is 7.79. The third-order valence-electron chi connectivity index (χ3n) is 2.29. The third-order valence-corrected chi connectivity index (χ3v) is 2.29. The maximum absolute atomic E-state index is 9.60. The Balaban J connectivity index is 2.44. The Labute approximate surface area is 103 Å². The Kier molecular flexibility index (Phi) is 6.62. The van der Waals surface area contributed by atoms with Crippen LogP contribution in [0.1, 0.15) is 12.5 Å². The van der Waals surface area contributed by atoms with E-state index in [0.717, 1.165) is 17.9 Å². The van der Waals surface area contributed by atoms with Gasteiger partial charge in [-0.1, -0.05) is 18.2 Å². The van der Waals surface area contributed by atoms with Gasteiger partial charge in [0.05, 0.1) is 6.61 Å². The number of ether oxygens (including phenoxy) is 2. The summed E-state index contributed by atoms with van der Waals surface area (Å²) < 4.78 is 10.7. The fourth-order valence-electron chi connectivity index (χ4n) is 1.47. The molecular weight excluding hydrogens is 218 g/mol. The quantitative estimate of drug-likeness (QED) is 0.715. The number of benzene rings is 1. The number of hydrogen-bond acceptors (Lipinski definition) is 4. The van der Waals surface area contributed by atoms with E-state index in [0.29, 0.717) is 13.2 Å². The number of rotatable bonds is 8. The molecule has 0 radical (unpaired) electrons. The molecule has 0 aliphatic rings. The molecule has 0 heterocycles. The van der Waals surface area contributed by atoms with Crippen LogP contribution in [-0.4, -0.2) is 38.1 Å². The maximum atomic E-state index is 9.60. The Morgan fingerprint density at radius 1 is 1.29 bits per heavy atom. The summed E-state index contributed by atoms with van der Waals surface area (Å²) >= 11 is 0. The van der Waals surface area contributed by atoms with Crippen molar-refractivity contribution in [1.82, 2.24) is 5.32 Å². The van der Waals surface area contributed by atoms with Crippen molar-refractivity contribution in [3.63, 3.8) is 0 Å². The molecule has 1 rings (SSSR count). The molecule has 0 amide bonds. The summed E-state index contributed by atoms with van der Waals surface area (Å²) in [7, 11) is 1.89. The highest BCUT2D eigenvalue weighted by Crippen LogP contribution is 2.17. The van der Waals surface area contributed by atoms with Gasteiger partial charge >= 0.3 is 0 Å². The minimum Gasteiger partial charge on any atom is -0.490 e. The van der Waals surface area contributed by atoms with Gasteiger partial charge in [0.2, 0.25) is 0 Å². The van der Waals surface area contributed by atoms with Crippen molar-refractivity contribution in [3.05, 3.63) is 29.8 Å². The summed E-state index contributed by atoms with van der Waals surface area (Å²) in [5, 5.41) is 12.7. The zero-order valence-electron chi connectivity index (χ0n) is 10.5. The van der Waals surface area contributed by atoms with Crippen LogP contribution in [0.5, 0.6) is 5.75 Å². The van der Waals surface area contributed by atoms with Crippen LogP contribution in [0.4, 0.5) is 0 Å². The average molecular weight is 239 g/mol. The highest BCUT2D eigenvalue weighted by atomic mass is 16.5. The molecule has 0 bridgehead atoms. The minimum absolute atomic E-state index is 0.251. The molecule has 0 spiro atoms. The van der Waals surface area contributed by atoms with Crippen LogP contribution < -0.4 is 10.1 Å². The Morgan fingerprint density at radius 2 is 2.06 bits per heavy atom. The van der Waals surface area contributed by atoms with Gasteiger partial charge in [0.1, 0.15) is 18.5 Å². The standard InChI is InChI=1S/C13H21NO3/c1-3-16-9-12(15)10-17-13-7-5-4-6-11(13)8-14-2/h4-7,12,14-15H,3,8-10H2,1-2H3. The van der Waals surface area contributed by atoms with Gasteiger partial charge in [-0.25, -0.2) is 0 Å². The van der Waals surface area contributed by atoms with Gasteiger partial charge in [0.15, 0.2) is 0 Å². The lowest BCUT2D eigenvalue weighted by Gasteiger charge is -2.14. The van der Waals surface area contributed by atoms with E-state index >= 15 is 0 Å². The molecular formula is C13H21NO3. The molecule has 4 heteroatoms. The molecule has 0 fully saturated rings. The van der Waals surface area contributed by atoms with Gasteiger partial charge in [-0.2, -0.15) is 0 Å². The number of para-hydroxylation sites is 1. The van der Waals surface area contributed by atoms with Gasteiger partial charge in [-0.15, -0.1) is 0 Å². The maximum Gasteiger partial charge on any atom is 0.123 e. The zero-order valence-corrected chi connectivity index (χ0v) is 10.5. The highest BCUT2D eigenvalue weighted by molar-refractivity contribution is 5.33. The molecule has 17 heavy (non-hydrogen) atoms. The molecule has 96 valence electrons. The van der Waals surface area contributed by atoms with E-state index in [9.17, 15) is 5.11 Å². The lowest BCUT2D eigenvalue weighted by Crippen LogP contribution is -2.23. The van der Waals surface area contributed by atoms with Gasteiger partial charge in [0.25, 0.3) is 0 Å². The first kappa shape index (κ1) is 14.0.